The molecule has 0 aliphatic carbocycles. The number of furan rings is 1. The first kappa shape index (κ1) is 19.9. The highest BCUT2D eigenvalue weighted by atomic mass is 35.5. The molecule has 7 heteroatoms. The van der Waals surface area contributed by atoms with E-state index >= 15 is 0 Å². The minimum absolute atomic E-state index is 0.0807. The Labute approximate surface area is 178 Å². The third-order valence-corrected chi connectivity index (χ3v) is 5.31. The Bertz CT molecular complexity index is 1050. The van der Waals surface area contributed by atoms with Crippen LogP contribution in [-0.4, -0.2) is 35.2 Å². The van der Waals surface area contributed by atoms with Crippen LogP contribution in [0.5, 0.6) is 0 Å². The van der Waals surface area contributed by atoms with E-state index in [1.165, 1.54) is 11.2 Å². The quantitative estimate of drug-likeness (QED) is 0.564. The molecule has 1 aromatic heterocycles. The Morgan fingerprint density at radius 3 is 2.43 bits per heavy atom. The van der Waals surface area contributed by atoms with Gasteiger partial charge in [-0.2, -0.15) is 0 Å². The molecule has 1 aliphatic heterocycles. The fraction of sp³-hybridized carbons (Fsp3) is 0.174. The van der Waals surface area contributed by atoms with Crippen LogP contribution in [0.2, 0.25) is 5.02 Å². The van der Waals surface area contributed by atoms with Gasteiger partial charge in [0.15, 0.2) is 5.76 Å². The lowest BCUT2D eigenvalue weighted by atomic mass is 10.1. The van der Waals surface area contributed by atoms with Crippen LogP contribution in [0.25, 0.3) is 0 Å². The number of hydrogen-bond donors (Lipinski definition) is 0. The van der Waals surface area contributed by atoms with Gasteiger partial charge in [0.1, 0.15) is 6.04 Å². The zero-order chi connectivity index (χ0) is 21.1. The van der Waals surface area contributed by atoms with Crippen molar-refractivity contribution in [1.29, 1.82) is 0 Å². The van der Waals surface area contributed by atoms with Gasteiger partial charge < -0.3 is 9.32 Å². The number of nitrogens with zero attached hydrogens (tertiary/aromatic N) is 2. The fourth-order valence-electron chi connectivity index (χ4n) is 3.56. The lowest BCUT2D eigenvalue weighted by molar-refractivity contribution is -0.122. The summed E-state index contributed by atoms with van der Waals surface area (Å²) in [4.78, 5) is 41.5. The zero-order valence-corrected chi connectivity index (χ0v) is 16.8. The van der Waals surface area contributed by atoms with E-state index in [0.29, 0.717) is 17.1 Å². The SMILES string of the molecule is O=C1CC(N(CCc2ccccc2)C(=O)c2ccco2)C(=O)N1c1ccc(Cl)cc1. The molecule has 152 valence electrons. The molecule has 1 fully saturated rings. The van der Waals surface area contributed by atoms with Gasteiger partial charge in [-0.05, 0) is 48.4 Å². The second-order valence-corrected chi connectivity index (χ2v) is 7.41. The summed E-state index contributed by atoms with van der Waals surface area (Å²) in [5.41, 5.74) is 1.46. The van der Waals surface area contributed by atoms with Gasteiger partial charge in [0, 0.05) is 11.6 Å². The standard InChI is InChI=1S/C23H19ClN2O4/c24-17-8-10-18(11-9-17)26-21(27)15-19(22(26)28)25(23(29)20-7-4-14-30-20)13-12-16-5-2-1-3-6-16/h1-11,14,19H,12-13,15H2. The van der Waals surface area contributed by atoms with E-state index in [4.69, 9.17) is 16.0 Å². The molecule has 0 radical (unpaired) electrons. The molecular formula is C23H19ClN2O4. The lowest BCUT2D eigenvalue weighted by Crippen LogP contribution is -2.46. The Kier molecular flexibility index (Phi) is 5.68. The number of amides is 3. The van der Waals surface area contributed by atoms with Crippen molar-refractivity contribution in [2.24, 2.45) is 0 Å². The highest BCUT2D eigenvalue weighted by Crippen LogP contribution is 2.28. The van der Waals surface area contributed by atoms with Crippen molar-refractivity contribution in [2.45, 2.75) is 18.9 Å². The summed E-state index contributed by atoms with van der Waals surface area (Å²) in [6, 6.07) is 18.4. The van der Waals surface area contributed by atoms with Crippen molar-refractivity contribution >= 4 is 35.0 Å². The molecule has 30 heavy (non-hydrogen) atoms. The van der Waals surface area contributed by atoms with Gasteiger partial charge in [0.2, 0.25) is 5.91 Å². The predicted molar refractivity (Wildman–Crippen MR) is 112 cm³/mol. The number of carbonyl (C=O) groups is 3. The number of imide groups is 1. The fourth-order valence-corrected chi connectivity index (χ4v) is 3.68. The Balaban J connectivity index is 1.61. The molecule has 6 nitrogen and oxygen atoms in total. The average Bonchev–Trinajstić information content (AvgIpc) is 3.39. The van der Waals surface area contributed by atoms with Gasteiger partial charge in [0.25, 0.3) is 11.8 Å². The average molecular weight is 423 g/mol. The summed E-state index contributed by atoms with van der Waals surface area (Å²) in [5.74, 6) is -1.08. The summed E-state index contributed by atoms with van der Waals surface area (Å²) in [5, 5.41) is 0.506. The van der Waals surface area contributed by atoms with Gasteiger partial charge in [-0.25, -0.2) is 4.90 Å². The highest BCUT2D eigenvalue weighted by molar-refractivity contribution is 6.31. The molecule has 1 aliphatic rings. The first-order valence-electron chi connectivity index (χ1n) is 9.55. The maximum absolute atomic E-state index is 13.2. The lowest BCUT2D eigenvalue weighted by Gasteiger charge is -2.27. The molecule has 2 heterocycles. The Morgan fingerprint density at radius 2 is 1.77 bits per heavy atom. The van der Waals surface area contributed by atoms with Crippen molar-refractivity contribution < 1.29 is 18.8 Å². The third-order valence-electron chi connectivity index (χ3n) is 5.06. The normalized spacial score (nSPS) is 16.2. The smallest absolute Gasteiger partial charge is 0.290 e. The number of hydrogen-bond acceptors (Lipinski definition) is 4. The second kappa shape index (κ2) is 8.55. The van der Waals surface area contributed by atoms with E-state index in [0.717, 1.165) is 10.5 Å². The van der Waals surface area contributed by atoms with Gasteiger partial charge >= 0.3 is 0 Å². The van der Waals surface area contributed by atoms with E-state index in [9.17, 15) is 14.4 Å². The molecule has 0 bridgehead atoms. The number of halogens is 1. The molecule has 1 saturated heterocycles. The van der Waals surface area contributed by atoms with Crippen molar-refractivity contribution in [3.63, 3.8) is 0 Å². The molecule has 3 amide bonds. The Morgan fingerprint density at radius 1 is 1.03 bits per heavy atom. The molecule has 0 N–H and O–H groups in total. The summed E-state index contributed by atoms with van der Waals surface area (Å²) in [6.07, 6.45) is 1.87. The van der Waals surface area contributed by atoms with Crippen LogP contribution < -0.4 is 4.90 Å². The highest BCUT2D eigenvalue weighted by Gasteiger charge is 2.44. The second-order valence-electron chi connectivity index (χ2n) is 6.98. The summed E-state index contributed by atoms with van der Waals surface area (Å²) in [7, 11) is 0. The summed E-state index contributed by atoms with van der Waals surface area (Å²) >= 11 is 5.92. The Hall–Kier alpha value is -3.38. The van der Waals surface area contributed by atoms with Crippen molar-refractivity contribution in [1.82, 2.24) is 4.90 Å². The van der Waals surface area contributed by atoms with Crippen molar-refractivity contribution in [2.75, 3.05) is 11.4 Å². The number of benzene rings is 2. The van der Waals surface area contributed by atoms with E-state index in [1.54, 1.807) is 36.4 Å². The van der Waals surface area contributed by atoms with Crippen LogP contribution >= 0.6 is 11.6 Å². The molecule has 2 aromatic carbocycles. The summed E-state index contributed by atoms with van der Waals surface area (Å²) in [6.45, 7) is 0.279. The van der Waals surface area contributed by atoms with Crippen LogP contribution in [0.3, 0.4) is 0 Å². The van der Waals surface area contributed by atoms with Crippen LogP contribution in [0.4, 0.5) is 5.69 Å². The maximum Gasteiger partial charge on any atom is 0.290 e. The zero-order valence-electron chi connectivity index (χ0n) is 16.0. The third kappa shape index (κ3) is 4.00. The monoisotopic (exact) mass is 422 g/mol. The first-order valence-corrected chi connectivity index (χ1v) is 9.93. The minimum Gasteiger partial charge on any atom is -0.459 e. The topological polar surface area (TPSA) is 70.8 Å². The number of anilines is 1. The molecular weight excluding hydrogens is 404 g/mol. The van der Waals surface area contributed by atoms with Gasteiger partial charge in [-0.15, -0.1) is 0 Å². The van der Waals surface area contributed by atoms with Crippen LogP contribution in [0, 0.1) is 0 Å². The minimum atomic E-state index is -0.894. The maximum atomic E-state index is 13.2. The van der Waals surface area contributed by atoms with Crippen molar-refractivity contribution in [3.05, 3.63) is 89.3 Å². The van der Waals surface area contributed by atoms with E-state index in [-0.39, 0.29) is 24.6 Å². The van der Waals surface area contributed by atoms with Crippen LogP contribution in [0.15, 0.2) is 77.4 Å². The number of rotatable bonds is 6. The van der Waals surface area contributed by atoms with Gasteiger partial charge in [-0.3, -0.25) is 14.4 Å². The molecule has 1 atom stereocenters. The predicted octanol–water partition coefficient (Wildman–Crippen LogP) is 3.95. The van der Waals surface area contributed by atoms with E-state index in [1.807, 2.05) is 30.3 Å². The van der Waals surface area contributed by atoms with Crippen molar-refractivity contribution in [3.8, 4) is 0 Å². The van der Waals surface area contributed by atoms with E-state index in [2.05, 4.69) is 0 Å². The van der Waals surface area contributed by atoms with Gasteiger partial charge in [0.05, 0.1) is 18.4 Å². The van der Waals surface area contributed by atoms with Crippen LogP contribution in [0.1, 0.15) is 22.5 Å². The molecule has 3 aromatic rings. The van der Waals surface area contributed by atoms with E-state index < -0.39 is 17.9 Å². The summed E-state index contributed by atoms with van der Waals surface area (Å²) < 4.78 is 5.26. The number of carbonyl (C=O) groups excluding carboxylic acids is 3. The van der Waals surface area contributed by atoms with Gasteiger partial charge in [-0.1, -0.05) is 41.9 Å². The largest absolute Gasteiger partial charge is 0.459 e. The first-order chi connectivity index (χ1) is 14.5. The van der Waals surface area contributed by atoms with Crippen LogP contribution in [-0.2, 0) is 16.0 Å². The molecule has 1 unspecified atom stereocenters. The molecule has 4 rings (SSSR count). The molecule has 0 spiro atoms. The molecule has 0 saturated carbocycles.